The fraction of sp³-hybridized carbons (Fsp3) is 0. The van der Waals surface area contributed by atoms with Gasteiger partial charge in [-0.25, -0.2) is 15.0 Å². The maximum absolute atomic E-state index is 5.35. The van der Waals surface area contributed by atoms with Gasteiger partial charge in [0.05, 0.1) is 26.9 Å². The summed E-state index contributed by atoms with van der Waals surface area (Å²) in [6, 6.07) is 67.9. The average Bonchev–Trinajstić information content (AvgIpc) is 4.03. The van der Waals surface area contributed by atoms with Gasteiger partial charge in [0.25, 0.3) is 0 Å². The normalized spacial score (nSPS) is 11.8. The van der Waals surface area contributed by atoms with Crippen LogP contribution < -0.4 is 0 Å². The minimum absolute atomic E-state index is 0.568. The van der Waals surface area contributed by atoms with Gasteiger partial charge in [-0.2, -0.15) is 9.97 Å². The van der Waals surface area contributed by atoms with Gasteiger partial charge >= 0.3 is 0 Å². The molecule has 5 heterocycles. The van der Waals surface area contributed by atoms with Crippen LogP contribution in [0.1, 0.15) is 0 Å². The second kappa shape index (κ2) is 14.3. The van der Waals surface area contributed by atoms with Crippen molar-refractivity contribution in [3.63, 3.8) is 0 Å². The van der Waals surface area contributed by atoms with E-state index in [4.69, 9.17) is 24.9 Å². The Hall–Kier alpha value is -7.91. The largest absolute Gasteiger partial charge is 0.278 e. The van der Waals surface area contributed by atoms with Crippen molar-refractivity contribution in [3.05, 3.63) is 194 Å². The highest BCUT2D eigenvalue weighted by Gasteiger charge is 2.22. The highest BCUT2D eigenvalue weighted by atomic mass is 32.1. The summed E-state index contributed by atoms with van der Waals surface area (Å²) < 4.78 is 6.78. The van der Waals surface area contributed by atoms with E-state index in [1.807, 2.05) is 24.3 Å². The Labute approximate surface area is 369 Å². The number of benzene rings is 8. The molecule has 0 aliphatic carbocycles. The molecule has 0 fully saturated rings. The quantitative estimate of drug-likeness (QED) is 0.167. The fourth-order valence-electron chi connectivity index (χ4n) is 8.96. The van der Waals surface area contributed by atoms with Crippen LogP contribution in [0.2, 0.25) is 0 Å². The minimum atomic E-state index is 0.568. The van der Waals surface area contributed by atoms with E-state index in [2.05, 4.69) is 174 Å². The molecule has 6 nitrogen and oxygen atoms in total. The van der Waals surface area contributed by atoms with Crippen LogP contribution in [0.25, 0.3) is 125 Å². The Balaban J connectivity index is 0.992. The van der Waals surface area contributed by atoms with Crippen LogP contribution in [0.4, 0.5) is 0 Å². The number of rotatable bonds is 6. The Morgan fingerprint density at radius 3 is 1.81 bits per heavy atom. The molecule has 0 bridgehead atoms. The summed E-state index contributed by atoms with van der Waals surface area (Å²) >= 11 is 3.52. The molecule has 8 heteroatoms. The highest BCUT2D eigenvalue weighted by Crippen LogP contribution is 2.44. The Kier molecular flexibility index (Phi) is 8.15. The van der Waals surface area contributed by atoms with E-state index in [9.17, 15) is 0 Å². The van der Waals surface area contributed by atoms with Crippen LogP contribution >= 0.6 is 22.7 Å². The van der Waals surface area contributed by atoms with Crippen molar-refractivity contribution in [2.45, 2.75) is 0 Å². The van der Waals surface area contributed by atoms with Crippen LogP contribution in [-0.4, -0.2) is 29.5 Å². The smallest absolute Gasteiger partial charge is 0.238 e. The molecule has 0 spiro atoms. The lowest BCUT2D eigenvalue weighted by Crippen LogP contribution is -2.06. The van der Waals surface area contributed by atoms with Crippen LogP contribution in [-0.2, 0) is 0 Å². The summed E-state index contributed by atoms with van der Waals surface area (Å²) in [5.74, 6) is 2.51. The predicted molar refractivity (Wildman–Crippen MR) is 263 cm³/mol. The molecule has 63 heavy (non-hydrogen) atoms. The first-order valence-electron chi connectivity index (χ1n) is 20.8. The van der Waals surface area contributed by atoms with Crippen LogP contribution in [0, 0.1) is 0 Å². The zero-order valence-electron chi connectivity index (χ0n) is 33.5. The van der Waals surface area contributed by atoms with Crippen molar-refractivity contribution in [3.8, 4) is 62.5 Å². The molecule has 0 aliphatic heterocycles. The molecular weight excluding hydrogens is 809 g/mol. The van der Waals surface area contributed by atoms with Gasteiger partial charge in [0.1, 0.15) is 0 Å². The summed E-state index contributed by atoms with van der Waals surface area (Å²) in [6.07, 6.45) is 0. The van der Waals surface area contributed by atoms with E-state index in [1.165, 1.54) is 15.0 Å². The maximum Gasteiger partial charge on any atom is 0.238 e. The fourth-order valence-corrected chi connectivity index (χ4v) is 11.3. The van der Waals surface area contributed by atoms with E-state index in [-0.39, 0.29) is 0 Å². The van der Waals surface area contributed by atoms with E-state index >= 15 is 0 Å². The molecule has 13 aromatic rings. The number of para-hydroxylation sites is 1. The van der Waals surface area contributed by atoms with Gasteiger partial charge in [0.15, 0.2) is 17.5 Å². The summed E-state index contributed by atoms with van der Waals surface area (Å²) in [7, 11) is 0. The minimum Gasteiger partial charge on any atom is -0.278 e. The maximum atomic E-state index is 5.35. The molecule has 5 aromatic heterocycles. The van der Waals surface area contributed by atoms with Crippen LogP contribution in [0.15, 0.2) is 194 Å². The monoisotopic (exact) mass is 840 g/mol. The van der Waals surface area contributed by atoms with Gasteiger partial charge in [-0.15, -0.1) is 22.7 Å². The Bertz CT molecular complexity index is 3910. The molecule has 13 rings (SSSR count). The van der Waals surface area contributed by atoms with Crippen molar-refractivity contribution in [2.24, 2.45) is 0 Å². The van der Waals surface area contributed by atoms with Crippen molar-refractivity contribution >= 4 is 85.0 Å². The summed E-state index contributed by atoms with van der Waals surface area (Å²) in [4.78, 5) is 26.3. The van der Waals surface area contributed by atoms with Gasteiger partial charge in [-0.05, 0) is 47.5 Å². The number of hydrogen-bond acceptors (Lipinski definition) is 7. The molecule has 0 atom stereocenters. The average molecular weight is 841 g/mol. The van der Waals surface area contributed by atoms with Crippen molar-refractivity contribution < 1.29 is 0 Å². The number of fused-ring (bicyclic) bond motifs is 9. The molecule has 0 amide bonds. The molecule has 294 valence electrons. The first kappa shape index (κ1) is 35.8. The number of nitrogens with zero attached hydrogens (tertiary/aromatic N) is 6. The van der Waals surface area contributed by atoms with Gasteiger partial charge in [0, 0.05) is 63.3 Å². The van der Waals surface area contributed by atoms with Gasteiger partial charge < -0.3 is 0 Å². The Morgan fingerprint density at radius 2 is 1.00 bits per heavy atom. The third-order valence-corrected chi connectivity index (χ3v) is 14.2. The van der Waals surface area contributed by atoms with Crippen LogP contribution in [0.5, 0.6) is 0 Å². The summed E-state index contributed by atoms with van der Waals surface area (Å²) in [5, 5.41) is 5.72. The lowest BCUT2D eigenvalue weighted by Gasteiger charge is -2.11. The zero-order valence-corrected chi connectivity index (χ0v) is 35.1. The van der Waals surface area contributed by atoms with Gasteiger partial charge in [-0.3, -0.25) is 4.57 Å². The second-order valence-electron chi connectivity index (χ2n) is 15.6. The predicted octanol–water partition coefficient (Wildman–Crippen LogP) is 14.8. The molecule has 0 saturated heterocycles. The van der Waals surface area contributed by atoms with E-state index < -0.39 is 0 Å². The molecule has 0 unspecified atom stereocenters. The van der Waals surface area contributed by atoms with Crippen molar-refractivity contribution in [2.75, 3.05) is 0 Å². The zero-order chi connectivity index (χ0) is 41.4. The first-order chi connectivity index (χ1) is 31.2. The SMILES string of the molecule is c1ccc(-c2ccc3c(c2)c2ccccc2n3-c2nc(-c3ccccc3)nc(-c3ccc4c(c3)sc3cccc(-c5nc(-c6ccccc6)c6sc7ccccc7c6n5)c34)n2)cc1. The highest BCUT2D eigenvalue weighted by molar-refractivity contribution is 7.26. The second-order valence-corrected chi connectivity index (χ2v) is 17.8. The molecule has 0 saturated carbocycles. The number of aromatic nitrogens is 6. The third kappa shape index (κ3) is 5.87. The van der Waals surface area contributed by atoms with Crippen molar-refractivity contribution in [1.82, 2.24) is 29.5 Å². The van der Waals surface area contributed by atoms with Crippen LogP contribution in [0.3, 0.4) is 0 Å². The topological polar surface area (TPSA) is 69.4 Å². The van der Waals surface area contributed by atoms with Crippen molar-refractivity contribution in [1.29, 1.82) is 0 Å². The molecule has 8 aromatic carbocycles. The van der Waals surface area contributed by atoms with Gasteiger partial charge in [-0.1, -0.05) is 158 Å². The molecule has 0 N–H and O–H groups in total. The van der Waals surface area contributed by atoms with Gasteiger partial charge in [0.2, 0.25) is 5.95 Å². The molecule has 0 aliphatic rings. The molecule has 0 radical (unpaired) electrons. The summed E-state index contributed by atoms with van der Waals surface area (Å²) in [6.45, 7) is 0. The Morgan fingerprint density at radius 1 is 0.349 bits per heavy atom. The molecular formula is C55H32N6S2. The van der Waals surface area contributed by atoms with E-state index in [0.29, 0.717) is 17.6 Å². The lowest BCUT2D eigenvalue weighted by atomic mass is 10.0. The number of hydrogen-bond donors (Lipinski definition) is 0. The number of thiophene rings is 2. The summed E-state index contributed by atoms with van der Waals surface area (Å²) in [5.41, 5.74) is 10.3. The lowest BCUT2D eigenvalue weighted by molar-refractivity contribution is 0.954. The standard InChI is InChI=1S/C55H32N6S2/c1-4-15-33(16-5-1)36-28-30-44-42(31-36)38-21-10-12-24-43(38)61(44)55-59-52(35-19-8-3-9-20-35)58-53(60-55)37-27-29-39-47(32-37)62-46-26-14-23-41(48(39)46)54-56-49(34-17-6-2-7-18-34)51-50(57-54)40-22-11-13-25-45(40)63-51/h1-32H. The van der Waals surface area contributed by atoms with E-state index in [1.54, 1.807) is 22.7 Å². The third-order valence-electron chi connectivity index (χ3n) is 11.9. The first-order valence-corrected chi connectivity index (χ1v) is 22.5. The van der Waals surface area contributed by atoms with E-state index in [0.717, 1.165) is 92.2 Å².